The van der Waals surface area contributed by atoms with Crippen LogP contribution in [0.25, 0.3) is 11.0 Å². The molecule has 6 nitrogen and oxygen atoms in total. The Bertz CT molecular complexity index is 796. The minimum absolute atomic E-state index is 0.782. The van der Waals surface area contributed by atoms with Crippen molar-refractivity contribution in [3.05, 3.63) is 54.1 Å². The highest BCUT2D eigenvalue weighted by Gasteiger charge is 2.08. The number of rotatable bonds is 5. The van der Waals surface area contributed by atoms with E-state index in [-0.39, 0.29) is 0 Å². The molecule has 0 saturated carbocycles. The van der Waals surface area contributed by atoms with E-state index in [1.807, 2.05) is 38.4 Å². The first-order valence-electron chi connectivity index (χ1n) is 8.13. The summed E-state index contributed by atoms with van der Waals surface area (Å²) in [6, 6.07) is 12.3. The van der Waals surface area contributed by atoms with Crippen LogP contribution >= 0.6 is 0 Å². The van der Waals surface area contributed by atoms with E-state index in [0.29, 0.717) is 0 Å². The fourth-order valence-corrected chi connectivity index (χ4v) is 2.78. The Morgan fingerprint density at radius 2 is 2.12 bits per heavy atom. The van der Waals surface area contributed by atoms with Gasteiger partial charge in [-0.1, -0.05) is 12.1 Å². The van der Waals surface area contributed by atoms with E-state index in [0.717, 1.165) is 42.3 Å². The smallest absolute Gasteiger partial charge is 0.193 e. The lowest BCUT2D eigenvalue weighted by atomic mass is 10.3. The maximum atomic E-state index is 4.60. The van der Waals surface area contributed by atoms with E-state index < -0.39 is 0 Å². The number of aromatic nitrogens is 3. The lowest BCUT2D eigenvalue weighted by Crippen LogP contribution is -2.39. The Morgan fingerprint density at radius 1 is 1.29 bits per heavy atom. The number of fused-ring (bicyclic) bond motifs is 1. The number of aromatic amines is 1. The molecule has 6 heteroatoms. The minimum Gasteiger partial charge on any atom is -0.356 e. The summed E-state index contributed by atoms with van der Waals surface area (Å²) in [6.07, 6.45) is 2.88. The van der Waals surface area contributed by atoms with Crippen molar-refractivity contribution in [1.82, 2.24) is 24.8 Å². The molecule has 0 radical (unpaired) electrons. The summed E-state index contributed by atoms with van der Waals surface area (Å²) in [5, 5.41) is 3.40. The van der Waals surface area contributed by atoms with E-state index in [9.17, 15) is 0 Å². The van der Waals surface area contributed by atoms with Crippen LogP contribution < -0.4 is 5.32 Å². The first-order chi connectivity index (χ1) is 11.7. The van der Waals surface area contributed by atoms with Gasteiger partial charge in [-0.15, -0.1) is 0 Å². The molecule has 2 N–H and O–H groups in total. The van der Waals surface area contributed by atoms with Gasteiger partial charge in [-0.3, -0.25) is 4.99 Å². The number of hydrogen-bond acceptors (Lipinski definition) is 2. The van der Waals surface area contributed by atoms with Crippen LogP contribution in [0.5, 0.6) is 0 Å². The standard InChI is InChI=1S/C18H24N6/c1-19-18(24(3)13-14-7-6-12-23(14)2)20-11-10-17-21-15-8-4-5-9-16(15)22-17/h4-9,12H,10-11,13H2,1-3H3,(H,19,20)(H,21,22). The molecule has 126 valence electrons. The van der Waals surface area contributed by atoms with Crippen molar-refractivity contribution in [2.75, 3.05) is 20.6 Å². The van der Waals surface area contributed by atoms with Crippen LogP contribution in [0.2, 0.25) is 0 Å². The number of aliphatic imine (C=N–C) groups is 1. The van der Waals surface area contributed by atoms with Gasteiger partial charge in [-0.2, -0.15) is 0 Å². The average molecular weight is 324 g/mol. The zero-order chi connectivity index (χ0) is 16.9. The van der Waals surface area contributed by atoms with Gasteiger partial charge >= 0.3 is 0 Å². The van der Waals surface area contributed by atoms with Crippen molar-refractivity contribution >= 4 is 17.0 Å². The molecule has 0 fully saturated rings. The number of para-hydroxylation sites is 2. The van der Waals surface area contributed by atoms with Crippen molar-refractivity contribution in [2.24, 2.45) is 12.0 Å². The molecule has 0 aliphatic heterocycles. The number of aryl methyl sites for hydroxylation is 1. The molecule has 1 aromatic carbocycles. The quantitative estimate of drug-likeness (QED) is 0.558. The Hall–Kier alpha value is -2.76. The monoisotopic (exact) mass is 324 g/mol. The van der Waals surface area contributed by atoms with Crippen LogP contribution in [-0.4, -0.2) is 46.0 Å². The number of hydrogen-bond donors (Lipinski definition) is 2. The predicted octanol–water partition coefficient (Wildman–Crippen LogP) is 2.15. The summed E-state index contributed by atoms with van der Waals surface area (Å²) in [5.74, 6) is 1.87. The molecule has 2 aromatic heterocycles. The number of H-pyrrole nitrogens is 1. The van der Waals surface area contributed by atoms with Crippen LogP contribution in [0, 0.1) is 0 Å². The van der Waals surface area contributed by atoms with Crippen LogP contribution in [0.4, 0.5) is 0 Å². The highest BCUT2D eigenvalue weighted by atomic mass is 15.3. The summed E-state index contributed by atoms with van der Waals surface area (Å²) in [4.78, 5) is 14.4. The fraction of sp³-hybridized carbons (Fsp3) is 0.333. The zero-order valence-corrected chi connectivity index (χ0v) is 14.5. The van der Waals surface area contributed by atoms with Crippen LogP contribution in [0.1, 0.15) is 11.5 Å². The highest BCUT2D eigenvalue weighted by molar-refractivity contribution is 5.79. The highest BCUT2D eigenvalue weighted by Crippen LogP contribution is 2.10. The maximum absolute atomic E-state index is 4.60. The molecule has 0 spiro atoms. The van der Waals surface area contributed by atoms with Gasteiger partial charge in [0.25, 0.3) is 0 Å². The van der Waals surface area contributed by atoms with Gasteiger partial charge in [0.1, 0.15) is 5.82 Å². The lowest BCUT2D eigenvalue weighted by Gasteiger charge is -2.22. The molecule has 2 heterocycles. The molecular formula is C18H24N6. The van der Waals surface area contributed by atoms with Gasteiger partial charge < -0.3 is 19.8 Å². The summed E-state index contributed by atoms with van der Waals surface area (Å²) < 4.78 is 2.12. The van der Waals surface area contributed by atoms with E-state index in [4.69, 9.17) is 0 Å². The third kappa shape index (κ3) is 3.59. The first-order valence-corrected chi connectivity index (χ1v) is 8.13. The first kappa shape index (κ1) is 16.1. The number of benzene rings is 1. The maximum Gasteiger partial charge on any atom is 0.193 e. The molecule has 3 rings (SSSR count). The SMILES string of the molecule is CN=C(NCCc1nc2ccccc2[nH]1)N(C)Cc1cccn1C. The van der Waals surface area contributed by atoms with E-state index >= 15 is 0 Å². The van der Waals surface area contributed by atoms with Crippen molar-refractivity contribution in [1.29, 1.82) is 0 Å². The van der Waals surface area contributed by atoms with E-state index in [2.05, 4.69) is 55.1 Å². The second-order valence-corrected chi connectivity index (χ2v) is 5.89. The molecule has 3 aromatic rings. The third-order valence-corrected chi connectivity index (χ3v) is 4.11. The molecule has 0 amide bonds. The average Bonchev–Trinajstić information content (AvgIpc) is 3.17. The van der Waals surface area contributed by atoms with E-state index in [1.54, 1.807) is 0 Å². The van der Waals surface area contributed by atoms with Crippen molar-refractivity contribution < 1.29 is 0 Å². The van der Waals surface area contributed by atoms with Gasteiger partial charge in [0, 0.05) is 46.0 Å². The van der Waals surface area contributed by atoms with Gasteiger partial charge in [0.15, 0.2) is 5.96 Å². The molecule has 0 unspecified atom stereocenters. The normalized spacial score (nSPS) is 11.9. The second-order valence-electron chi connectivity index (χ2n) is 5.89. The number of nitrogens with zero attached hydrogens (tertiary/aromatic N) is 4. The van der Waals surface area contributed by atoms with Gasteiger partial charge in [-0.05, 0) is 24.3 Å². The topological polar surface area (TPSA) is 61.2 Å². The molecule has 0 atom stereocenters. The molecular weight excluding hydrogens is 300 g/mol. The third-order valence-electron chi connectivity index (χ3n) is 4.11. The molecule has 0 saturated heterocycles. The molecule has 0 aliphatic rings. The van der Waals surface area contributed by atoms with Crippen LogP contribution in [0.3, 0.4) is 0 Å². The fourth-order valence-electron chi connectivity index (χ4n) is 2.78. The van der Waals surface area contributed by atoms with Gasteiger partial charge in [0.05, 0.1) is 17.6 Å². The molecule has 24 heavy (non-hydrogen) atoms. The Kier molecular flexibility index (Phi) is 4.84. The van der Waals surface area contributed by atoms with Crippen LogP contribution in [0.15, 0.2) is 47.6 Å². The number of imidazole rings is 1. The van der Waals surface area contributed by atoms with Crippen molar-refractivity contribution in [3.8, 4) is 0 Å². The van der Waals surface area contributed by atoms with Crippen molar-refractivity contribution in [2.45, 2.75) is 13.0 Å². The van der Waals surface area contributed by atoms with Gasteiger partial charge in [0.2, 0.25) is 0 Å². The Morgan fingerprint density at radius 3 is 2.83 bits per heavy atom. The largest absolute Gasteiger partial charge is 0.356 e. The lowest BCUT2D eigenvalue weighted by molar-refractivity contribution is 0.462. The zero-order valence-electron chi connectivity index (χ0n) is 14.5. The number of nitrogens with one attached hydrogen (secondary N) is 2. The summed E-state index contributed by atoms with van der Waals surface area (Å²) in [6.45, 7) is 1.60. The van der Waals surface area contributed by atoms with Crippen molar-refractivity contribution in [3.63, 3.8) is 0 Å². The summed E-state index contributed by atoms with van der Waals surface area (Å²) in [7, 11) is 5.91. The Balaban J connectivity index is 1.55. The second kappa shape index (κ2) is 7.21. The van der Waals surface area contributed by atoms with Crippen LogP contribution in [-0.2, 0) is 20.0 Å². The molecule has 0 bridgehead atoms. The van der Waals surface area contributed by atoms with Gasteiger partial charge in [-0.25, -0.2) is 4.98 Å². The summed E-state index contributed by atoms with van der Waals surface area (Å²) in [5.41, 5.74) is 3.34. The molecule has 0 aliphatic carbocycles. The number of guanidine groups is 1. The summed E-state index contributed by atoms with van der Waals surface area (Å²) >= 11 is 0. The van der Waals surface area contributed by atoms with E-state index in [1.165, 1.54) is 5.69 Å². The minimum atomic E-state index is 0.782. The Labute approximate surface area is 142 Å². The predicted molar refractivity (Wildman–Crippen MR) is 98.0 cm³/mol.